The maximum absolute atomic E-state index is 11.2. The second-order valence-electron chi connectivity index (χ2n) is 4.71. The zero-order chi connectivity index (χ0) is 14.2. The summed E-state index contributed by atoms with van der Waals surface area (Å²) in [6, 6.07) is 19.5. The van der Waals surface area contributed by atoms with E-state index in [2.05, 4.69) is 12.1 Å². The smallest absolute Gasteiger partial charge is 0.0675 e. The van der Waals surface area contributed by atoms with E-state index in [0.29, 0.717) is 12.0 Å². The lowest BCUT2D eigenvalue weighted by Gasteiger charge is -2.09. The molecule has 2 aromatic carbocycles. The van der Waals surface area contributed by atoms with Crippen LogP contribution in [0, 0.1) is 0 Å². The number of aryl methyl sites for hydroxylation is 1. The Morgan fingerprint density at radius 2 is 1.55 bits per heavy atom. The van der Waals surface area contributed by atoms with Crippen molar-refractivity contribution in [2.45, 2.75) is 19.3 Å². The number of carboxylic acid groups (broad SMARTS) is 1. The number of aliphatic carboxylic acids is 1. The summed E-state index contributed by atoms with van der Waals surface area (Å²) in [6.07, 6.45) is 3.89. The van der Waals surface area contributed by atoms with Crippen LogP contribution in [0.15, 0.2) is 66.2 Å². The highest BCUT2D eigenvalue weighted by molar-refractivity contribution is 5.90. The van der Waals surface area contributed by atoms with E-state index in [1.54, 1.807) is 6.08 Å². The molecule has 0 aliphatic carbocycles. The summed E-state index contributed by atoms with van der Waals surface area (Å²) in [7, 11) is 0. The molecule has 0 radical (unpaired) electrons. The quantitative estimate of drug-likeness (QED) is 0.753. The van der Waals surface area contributed by atoms with Gasteiger partial charge in [-0.1, -0.05) is 60.7 Å². The van der Waals surface area contributed by atoms with Gasteiger partial charge in [-0.3, -0.25) is 0 Å². The fourth-order valence-electron chi connectivity index (χ4n) is 2.11. The van der Waals surface area contributed by atoms with Gasteiger partial charge in [0.25, 0.3) is 0 Å². The molecule has 0 bridgehead atoms. The molecule has 0 spiro atoms. The normalized spacial score (nSPS) is 11.3. The molecule has 0 N–H and O–H groups in total. The number of carboxylic acids is 1. The average molecular weight is 265 g/mol. The molecule has 20 heavy (non-hydrogen) atoms. The van der Waals surface area contributed by atoms with Crippen LogP contribution in [0.4, 0.5) is 0 Å². The third-order valence-electron chi connectivity index (χ3n) is 3.16. The number of benzene rings is 2. The van der Waals surface area contributed by atoms with Gasteiger partial charge in [0.05, 0.1) is 5.97 Å². The molecule has 0 amide bonds. The Bertz CT molecular complexity index is 571. The first-order valence-corrected chi connectivity index (χ1v) is 6.76. The molecule has 102 valence electrons. The van der Waals surface area contributed by atoms with E-state index in [1.807, 2.05) is 48.5 Å². The second kappa shape index (κ2) is 7.29. The lowest BCUT2D eigenvalue weighted by atomic mass is 10.0. The maximum Gasteiger partial charge on any atom is 0.0675 e. The van der Waals surface area contributed by atoms with Crippen molar-refractivity contribution in [2.24, 2.45) is 0 Å². The molecule has 0 saturated carbocycles. The zero-order valence-electron chi connectivity index (χ0n) is 11.3. The number of carbonyl (C=O) groups excluding carboxylic acids is 1. The Kier molecular flexibility index (Phi) is 5.13. The first-order valence-electron chi connectivity index (χ1n) is 6.76. The molecule has 0 aliphatic heterocycles. The highest BCUT2D eigenvalue weighted by Crippen LogP contribution is 2.13. The van der Waals surface area contributed by atoms with Gasteiger partial charge < -0.3 is 9.90 Å². The molecule has 0 aliphatic rings. The Morgan fingerprint density at radius 3 is 2.15 bits per heavy atom. The van der Waals surface area contributed by atoms with E-state index < -0.39 is 5.97 Å². The largest absolute Gasteiger partial charge is 0.545 e. The molecular weight excluding hydrogens is 248 g/mol. The second-order valence-corrected chi connectivity index (χ2v) is 4.71. The fraction of sp³-hybridized carbons (Fsp3) is 0.167. The van der Waals surface area contributed by atoms with E-state index in [4.69, 9.17) is 0 Å². The molecule has 0 fully saturated rings. The predicted molar refractivity (Wildman–Crippen MR) is 78.8 cm³/mol. The van der Waals surface area contributed by atoms with Crippen LogP contribution < -0.4 is 5.11 Å². The highest BCUT2D eigenvalue weighted by atomic mass is 16.4. The van der Waals surface area contributed by atoms with Gasteiger partial charge in [-0.25, -0.2) is 0 Å². The number of carbonyl (C=O) groups is 1. The first-order chi connectivity index (χ1) is 9.75. The minimum atomic E-state index is -1.08. The summed E-state index contributed by atoms with van der Waals surface area (Å²) < 4.78 is 0. The van der Waals surface area contributed by atoms with Crippen molar-refractivity contribution in [3.63, 3.8) is 0 Å². The van der Waals surface area contributed by atoms with Crippen LogP contribution in [-0.2, 0) is 11.2 Å². The van der Waals surface area contributed by atoms with Gasteiger partial charge in [-0.2, -0.15) is 0 Å². The van der Waals surface area contributed by atoms with Crippen LogP contribution in [-0.4, -0.2) is 5.97 Å². The Hall–Kier alpha value is -2.35. The van der Waals surface area contributed by atoms with E-state index in [0.717, 1.165) is 18.4 Å². The van der Waals surface area contributed by atoms with Crippen molar-refractivity contribution >= 4 is 12.0 Å². The number of hydrogen-bond donors (Lipinski definition) is 0. The van der Waals surface area contributed by atoms with Gasteiger partial charge in [-0.15, -0.1) is 0 Å². The van der Waals surface area contributed by atoms with Crippen LogP contribution in [0.2, 0.25) is 0 Å². The lowest BCUT2D eigenvalue weighted by Crippen LogP contribution is -2.24. The van der Waals surface area contributed by atoms with E-state index in [9.17, 15) is 9.90 Å². The fourth-order valence-corrected chi connectivity index (χ4v) is 2.11. The molecular formula is C18H17O2-. The molecule has 2 nitrogen and oxygen atoms in total. The van der Waals surface area contributed by atoms with E-state index in [1.165, 1.54) is 5.56 Å². The summed E-state index contributed by atoms with van der Waals surface area (Å²) in [6.45, 7) is 0. The van der Waals surface area contributed by atoms with Crippen molar-refractivity contribution in [3.8, 4) is 0 Å². The topological polar surface area (TPSA) is 40.1 Å². The SMILES string of the molecule is O=C([O-])/C(=C/c1ccccc1)CCCc1ccccc1. The minimum absolute atomic E-state index is 0.354. The van der Waals surface area contributed by atoms with Gasteiger partial charge in [0.1, 0.15) is 0 Å². The molecule has 0 heterocycles. The molecule has 2 heteroatoms. The maximum atomic E-state index is 11.2. The van der Waals surface area contributed by atoms with Crippen LogP contribution in [0.1, 0.15) is 24.0 Å². The molecule has 0 aromatic heterocycles. The summed E-state index contributed by atoms with van der Waals surface area (Å²) in [5.74, 6) is -1.08. The molecule has 0 saturated heterocycles. The van der Waals surface area contributed by atoms with Crippen LogP contribution in [0.3, 0.4) is 0 Å². The van der Waals surface area contributed by atoms with Crippen LogP contribution in [0.5, 0.6) is 0 Å². The van der Waals surface area contributed by atoms with Crippen molar-refractivity contribution < 1.29 is 9.90 Å². The third-order valence-corrected chi connectivity index (χ3v) is 3.16. The van der Waals surface area contributed by atoms with Crippen molar-refractivity contribution in [1.82, 2.24) is 0 Å². The first kappa shape index (κ1) is 14.1. The van der Waals surface area contributed by atoms with E-state index >= 15 is 0 Å². The van der Waals surface area contributed by atoms with Gasteiger partial charge in [0, 0.05) is 0 Å². The van der Waals surface area contributed by atoms with Crippen molar-refractivity contribution in [2.75, 3.05) is 0 Å². The molecule has 0 unspecified atom stereocenters. The van der Waals surface area contributed by atoms with Gasteiger partial charge >= 0.3 is 0 Å². The minimum Gasteiger partial charge on any atom is -0.545 e. The standard InChI is InChI=1S/C18H18O2/c19-18(20)17(14-16-10-5-2-6-11-16)13-7-12-15-8-3-1-4-9-15/h1-6,8-11,14H,7,12-13H2,(H,19,20)/p-1/b17-14+. The lowest BCUT2D eigenvalue weighted by molar-refractivity contribution is -0.299. The number of hydrogen-bond acceptors (Lipinski definition) is 2. The Balaban J connectivity index is 1.97. The predicted octanol–water partition coefficient (Wildman–Crippen LogP) is 2.84. The highest BCUT2D eigenvalue weighted by Gasteiger charge is 2.00. The van der Waals surface area contributed by atoms with Crippen LogP contribution in [0.25, 0.3) is 6.08 Å². The third kappa shape index (κ3) is 4.39. The summed E-state index contributed by atoms with van der Waals surface area (Å²) >= 11 is 0. The molecule has 0 atom stereocenters. The van der Waals surface area contributed by atoms with Crippen molar-refractivity contribution in [1.29, 1.82) is 0 Å². The summed E-state index contributed by atoms with van der Waals surface area (Å²) in [4.78, 5) is 11.2. The van der Waals surface area contributed by atoms with Crippen LogP contribution >= 0.6 is 0 Å². The number of rotatable bonds is 6. The van der Waals surface area contributed by atoms with Gasteiger partial charge in [0.15, 0.2) is 0 Å². The molecule has 2 aromatic rings. The van der Waals surface area contributed by atoms with Crippen molar-refractivity contribution in [3.05, 3.63) is 77.4 Å². The van der Waals surface area contributed by atoms with Gasteiger partial charge in [-0.05, 0) is 42.0 Å². The Morgan fingerprint density at radius 1 is 0.950 bits per heavy atom. The van der Waals surface area contributed by atoms with Gasteiger partial charge in [0.2, 0.25) is 0 Å². The Labute approximate surface area is 119 Å². The monoisotopic (exact) mass is 265 g/mol. The average Bonchev–Trinajstić information content (AvgIpc) is 2.48. The summed E-state index contributed by atoms with van der Waals surface area (Å²) in [5, 5.41) is 11.2. The molecule has 2 rings (SSSR count). The summed E-state index contributed by atoms with van der Waals surface area (Å²) in [5.41, 5.74) is 2.48. The zero-order valence-corrected chi connectivity index (χ0v) is 11.3. The van der Waals surface area contributed by atoms with E-state index in [-0.39, 0.29) is 0 Å².